The number of aromatic nitrogens is 2. The number of ether oxygens (including phenoxy) is 1. The zero-order valence-corrected chi connectivity index (χ0v) is 17.0. The molecule has 6 nitrogen and oxygen atoms in total. The molecule has 146 valence electrons. The minimum absolute atomic E-state index is 0.0125. The summed E-state index contributed by atoms with van der Waals surface area (Å²) in [5.74, 6) is 1.80. The molecule has 2 N–H and O–H groups in total. The van der Waals surface area contributed by atoms with E-state index < -0.39 is 0 Å². The van der Waals surface area contributed by atoms with E-state index in [0.717, 1.165) is 17.1 Å². The Bertz CT molecular complexity index is 757. The summed E-state index contributed by atoms with van der Waals surface area (Å²) in [6.07, 6.45) is 3.49. The van der Waals surface area contributed by atoms with Crippen molar-refractivity contribution < 1.29 is 9.53 Å². The average molecular weight is 389 g/mol. The largest absolute Gasteiger partial charge is 0.396 e. The van der Waals surface area contributed by atoms with Gasteiger partial charge in [-0.15, -0.1) is 0 Å². The molecule has 2 atom stereocenters. The lowest BCUT2D eigenvalue weighted by atomic mass is 9.98. The lowest BCUT2D eigenvalue weighted by molar-refractivity contribution is -0.143. The van der Waals surface area contributed by atoms with Crippen LogP contribution in [0.4, 0.5) is 5.69 Å². The van der Waals surface area contributed by atoms with Crippen LogP contribution >= 0.6 is 11.8 Å². The molecular weight excluding hydrogens is 360 g/mol. The van der Waals surface area contributed by atoms with Crippen LogP contribution in [0.3, 0.4) is 0 Å². The number of nitrogen functional groups attached to an aromatic ring is 1. The van der Waals surface area contributed by atoms with Gasteiger partial charge in [0.05, 0.1) is 29.6 Å². The van der Waals surface area contributed by atoms with Crippen LogP contribution in [0.25, 0.3) is 0 Å². The average Bonchev–Trinajstić information content (AvgIpc) is 3.06. The summed E-state index contributed by atoms with van der Waals surface area (Å²) in [6, 6.07) is 10.1. The van der Waals surface area contributed by atoms with Gasteiger partial charge < -0.3 is 15.4 Å². The molecule has 1 fully saturated rings. The quantitative estimate of drug-likeness (QED) is 0.853. The van der Waals surface area contributed by atoms with E-state index in [1.54, 1.807) is 6.20 Å². The van der Waals surface area contributed by atoms with Crippen LogP contribution in [0.1, 0.15) is 32.4 Å². The number of hydrogen-bond acceptors (Lipinski definition) is 5. The van der Waals surface area contributed by atoms with Crippen LogP contribution in [0.2, 0.25) is 0 Å². The number of rotatable bonds is 5. The number of carbonyl (C=O) groups excluding carboxylic acids is 1. The molecule has 0 spiro atoms. The number of anilines is 1. The van der Waals surface area contributed by atoms with Gasteiger partial charge in [-0.2, -0.15) is 16.9 Å². The summed E-state index contributed by atoms with van der Waals surface area (Å²) in [7, 11) is 0. The number of nitrogens with zero attached hydrogens (tertiary/aromatic N) is 3. The predicted molar refractivity (Wildman–Crippen MR) is 110 cm³/mol. The second-order valence-electron chi connectivity index (χ2n) is 7.74. The first-order valence-corrected chi connectivity index (χ1v) is 10.4. The van der Waals surface area contributed by atoms with E-state index in [1.807, 2.05) is 66.5 Å². The first-order chi connectivity index (χ1) is 12.8. The van der Waals surface area contributed by atoms with Crippen LogP contribution in [-0.2, 0) is 9.53 Å². The van der Waals surface area contributed by atoms with Crippen LogP contribution in [-0.4, -0.2) is 56.9 Å². The zero-order chi connectivity index (χ0) is 19.4. The fourth-order valence-electron chi connectivity index (χ4n) is 3.26. The highest BCUT2D eigenvalue weighted by Crippen LogP contribution is 2.31. The Morgan fingerprint density at radius 2 is 2.11 bits per heavy atom. The molecule has 2 aromatic rings. The molecule has 2 heterocycles. The number of nitrogens with two attached hydrogens (primary N) is 1. The fraction of sp³-hybridized carbons (Fsp3) is 0.500. The van der Waals surface area contributed by atoms with Crippen molar-refractivity contribution in [2.75, 3.05) is 30.4 Å². The Morgan fingerprint density at radius 1 is 1.37 bits per heavy atom. The maximum absolute atomic E-state index is 13.0. The molecule has 27 heavy (non-hydrogen) atoms. The summed E-state index contributed by atoms with van der Waals surface area (Å²) in [6.45, 7) is 6.69. The van der Waals surface area contributed by atoms with Crippen molar-refractivity contribution in [2.45, 2.75) is 38.5 Å². The highest BCUT2D eigenvalue weighted by Gasteiger charge is 2.36. The first-order valence-electron chi connectivity index (χ1n) is 9.21. The van der Waals surface area contributed by atoms with Gasteiger partial charge in [0.15, 0.2) is 0 Å². The van der Waals surface area contributed by atoms with Crippen LogP contribution in [0.5, 0.6) is 0 Å². The normalized spacial score (nSPS) is 19.1. The van der Waals surface area contributed by atoms with Gasteiger partial charge in [-0.1, -0.05) is 30.3 Å². The predicted octanol–water partition coefficient (Wildman–Crippen LogP) is 2.81. The van der Waals surface area contributed by atoms with Crippen LogP contribution in [0.15, 0.2) is 42.7 Å². The molecule has 1 aliphatic rings. The zero-order valence-electron chi connectivity index (χ0n) is 16.2. The summed E-state index contributed by atoms with van der Waals surface area (Å²) in [5, 5.41) is 4.46. The van der Waals surface area contributed by atoms with Crippen molar-refractivity contribution in [1.29, 1.82) is 0 Å². The SMILES string of the molecule is CC(C)(C)OCC(=O)N1CCSCC1C(c1ccccc1)n1cc(N)cn1. The Labute approximate surface area is 165 Å². The molecule has 1 aromatic carbocycles. The highest BCUT2D eigenvalue weighted by molar-refractivity contribution is 7.99. The second-order valence-corrected chi connectivity index (χ2v) is 8.89. The van der Waals surface area contributed by atoms with E-state index in [0.29, 0.717) is 12.2 Å². The topological polar surface area (TPSA) is 73.4 Å². The van der Waals surface area contributed by atoms with Gasteiger partial charge in [-0.25, -0.2) is 0 Å². The van der Waals surface area contributed by atoms with Crippen LogP contribution < -0.4 is 5.73 Å². The molecule has 0 saturated carbocycles. The van der Waals surface area contributed by atoms with Gasteiger partial charge in [0, 0.05) is 24.2 Å². The van der Waals surface area contributed by atoms with Gasteiger partial charge in [-0.3, -0.25) is 9.48 Å². The number of benzene rings is 1. The van der Waals surface area contributed by atoms with Gasteiger partial charge in [0.25, 0.3) is 0 Å². The first kappa shape index (κ1) is 19.8. The Morgan fingerprint density at radius 3 is 2.74 bits per heavy atom. The van der Waals surface area contributed by atoms with Crippen LogP contribution in [0, 0.1) is 0 Å². The second kappa shape index (κ2) is 8.35. The monoisotopic (exact) mass is 388 g/mol. The van der Waals surface area contributed by atoms with Gasteiger partial charge in [-0.05, 0) is 26.3 Å². The molecule has 0 aliphatic carbocycles. The number of amides is 1. The fourth-order valence-corrected chi connectivity index (χ4v) is 4.36. The summed E-state index contributed by atoms with van der Waals surface area (Å²) >= 11 is 1.87. The van der Waals surface area contributed by atoms with E-state index in [9.17, 15) is 4.79 Å². The minimum Gasteiger partial charge on any atom is -0.396 e. The molecule has 0 radical (unpaired) electrons. The maximum Gasteiger partial charge on any atom is 0.248 e. The summed E-state index contributed by atoms with van der Waals surface area (Å²) in [4.78, 5) is 14.9. The number of hydrogen-bond donors (Lipinski definition) is 1. The van der Waals surface area contributed by atoms with E-state index in [1.165, 1.54) is 0 Å². The molecular formula is C20H28N4O2S. The molecule has 7 heteroatoms. The third-order valence-electron chi connectivity index (χ3n) is 4.53. The van der Waals surface area contributed by atoms with Crippen molar-refractivity contribution in [2.24, 2.45) is 0 Å². The van der Waals surface area contributed by atoms with E-state index in [4.69, 9.17) is 10.5 Å². The number of carbonyl (C=O) groups is 1. The van der Waals surface area contributed by atoms with E-state index in [2.05, 4.69) is 17.2 Å². The highest BCUT2D eigenvalue weighted by atomic mass is 32.2. The number of thioether (sulfide) groups is 1. The van der Waals surface area contributed by atoms with Crippen molar-refractivity contribution in [3.8, 4) is 0 Å². The minimum atomic E-state index is -0.342. The van der Waals surface area contributed by atoms with Crippen molar-refractivity contribution >= 4 is 23.4 Å². The smallest absolute Gasteiger partial charge is 0.248 e. The Kier molecular flexibility index (Phi) is 6.11. The summed E-state index contributed by atoms with van der Waals surface area (Å²) < 4.78 is 7.63. The third-order valence-corrected chi connectivity index (χ3v) is 5.57. The third kappa shape index (κ3) is 5.05. The van der Waals surface area contributed by atoms with Gasteiger partial charge in [0.2, 0.25) is 5.91 Å². The van der Waals surface area contributed by atoms with Crippen molar-refractivity contribution in [3.05, 3.63) is 48.3 Å². The molecule has 1 aromatic heterocycles. The molecule has 0 bridgehead atoms. The summed E-state index contributed by atoms with van der Waals surface area (Å²) in [5.41, 5.74) is 7.32. The molecule has 1 aliphatic heterocycles. The molecule has 1 saturated heterocycles. The van der Waals surface area contributed by atoms with Crippen molar-refractivity contribution in [3.63, 3.8) is 0 Å². The van der Waals surface area contributed by atoms with Gasteiger partial charge >= 0.3 is 0 Å². The maximum atomic E-state index is 13.0. The molecule has 1 amide bonds. The Hall–Kier alpha value is -1.99. The molecule has 2 unspecified atom stereocenters. The standard InChI is InChI=1S/C20H28N4O2S/c1-20(2,3)26-13-18(25)23-9-10-27-14-17(23)19(15-7-5-4-6-8-15)24-12-16(21)11-22-24/h4-8,11-12,17,19H,9-10,13-14,21H2,1-3H3. The van der Waals surface area contributed by atoms with E-state index >= 15 is 0 Å². The Balaban J connectivity index is 1.90. The van der Waals surface area contributed by atoms with Crippen molar-refractivity contribution in [1.82, 2.24) is 14.7 Å². The lowest BCUT2D eigenvalue weighted by Gasteiger charge is -2.40. The lowest BCUT2D eigenvalue weighted by Crippen LogP contribution is -2.52. The van der Waals surface area contributed by atoms with Gasteiger partial charge in [0.1, 0.15) is 6.61 Å². The van der Waals surface area contributed by atoms with E-state index in [-0.39, 0.29) is 30.2 Å². The molecule has 3 rings (SSSR count).